The van der Waals surface area contributed by atoms with Gasteiger partial charge in [-0.25, -0.2) is 0 Å². The lowest BCUT2D eigenvalue weighted by atomic mass is 9.85. The third-order valence-corrected chi connectivity index (χ3v) is 9.06. The molecule has 0 aromatic heterocycles. The van der Waals surface area contributed by atoms with Gasteiger partial charge in [-0.2, -0.15) is 0 Å². The minimum atomic E-state index is 0.0187. The Kier molecular flexibility index (Phi) is 9.44. The van der Waals surface area contributed by atoms with E-state index in [0.29, 0.717) is 29.8 Å². The minimum Gasteiger partial charge on any atom is -0.299 e. The van der Waals surface area contributed by atoms with E-state index < -0.39 is 0 Å². The summed E-state index contributed by atoms with van der Waals surface area (Å²) in [4.78, 5) is 24.0. The molecule has 35 heavy (non-hydrogen) atoms. The second-order valence-electron chi connectivity index (χ2n) is 13.4. The van der Waals surface area contributed by atoms with Gasteiger partial charge < -0.3 is 0 Å². The van der Waals surface area contributed by atoms with Gasteiger partial charge in [-0.05, 0) is 87.0 Å². The number of rotatable bonds is 10. The summed E-state index contributed by atoms with van der Waals surface area (Å²) in [6.45, 7) is 15.4. The normalized spacial score (nSPS) is 21.1. The molecule has 4 saturated carbocycles. The van der Waals surface area contributed by atoms with Gasteiger partial charge in [0, 0.05) is 23.7 Å². The van der Waals surface area contributed by atoms with Crippen molar-refractivity contribution < 1.29 is 9.59 Å². The maximum Gasteiger partial charge on any atom is 0.143 e. The molecule has 4 aliphatic rings. The Morgan fingerprint density at radius 1 is 0.743 bits per heavy atom. The van der Waals surface area contributed by atoms with Crippen LogP contribution in [0.1, 0.15) is 117 Å². The Bertz CT molecular complexity index is 828. The van der Waals surface area contributed by atoms with Gasteiger partial charge in [0.2, 0.25) is 0 Å². The lowest BCUT2D eigenvalue weighted by molar-refractivity contribution is -0.126. The highest BCUT2D eigenvalue weighted by Crippen LogP contribution is 2.55. The van der Waals surface area contributed by atoms with Gasteiger partial charge in [0.1, 0.15) is 11.6 Å². The molecule has 1 aromatic rings. The summed E-state index contributed by atoms with van der Waals surface area (Å²) in [5.41, 5.74) is 2.57. The molecule has 0 atom stereocenters. The van der Waals surface area contributed by atoms with Crippen molar-refractivity contribution in [3.63, 3.8) is 0 Å². The summed E-state index contributed by atoms with van der Waals surface area (Å²) in [5, 5.41) is 0. The highest BCUT2D eigenvalue weighted by atomic mass is 16.1. The van der Waals surface area contributed by atoms with Crippen LogP contribution in [-0.4, -0.2) is 11.6 Å². The second kappa shape index (κ2) is 11.7. The first-order valence-corrected chi connectivity index (χ1v) is 14.6. The van der Waals surface area contributed by atoms with Crippen molar-refractivity contribution in [2.24, 2.45) is 40.4 Å². The minimum absolute atomic E-state index is 0.0187. The molecule has 0 N–H and O–H groups in total. The van der Waals surface area contributed by atoms with Crippen LogP contribution in [0.25, 0.3) is 0 Å². The number of ketones is 2. The monoisotopic (exact) mass is 480 g/mol. The van der Waals surface area contributed by atoms with E-state index in [1.165, 1.54) is 37.7 Å². The molecule has 0 spiro atoms. The lowest BCUT2D eigenvalue weighted by Gasteiger charge is -2.18. The zero-order valence-corrected chi connectivity index (χ0v) is 23.8. The summed E-state index contributed by atoms with van der Waals surface area (Å²) in [7, 11) is 0. The van der Waals surface area contributed by atoms with E-state index in [9.17, 15) is 9.59 Å². The van der Waals surface area contributed by atoms with Crippen LogP contribution in [0.4, 0.5) is 0 Å². The molecule has 1 aromatic carbocycles. The highest BCUT2D eigenvalue weighted by Gasteiger charge is 2.52. The van der Waals surface area contributed by atoms with E-state index in [0.717, 1.165) is 55.4 Å². The van der Waals surface area contributed by atoms with Crippen LogP contribution in [0.3, 0.4) is 0 Å². The SMILES string of the molecule is CC(C)C1(C(=O)CC2CC2)CC1.CC(C)CC1CC1.Cc1ccc(CC(=O)C2(C(C)C)CC2)cc1. The molecule has 5 rings (SSSR count). The molecular weight excluding hydrogens is 428 g/mol. The zero-order valence-electron chi connectivity index (χ0n) is 23.8. The van der Waals surface area contributed by atoms with Gasteiger partial charge in [-0.3, -0.25) is 9.59 Å². The molecule has 196 valence electrons. The Labute approximate surface area is 216 Å². The van der Waals surface area contributed by atoms with E-state index in [1.54, 1.807) is 0 Å². The van der Waals surface area contributed by atoms with Crippen LogP contribution in [0.5, 0.6) is 0 Å². The second-order valence-corrected chi connectivity index (χ2v) is 13.4. The van der Waals surface area contributed by atoms with Crippen LogP contribution >= 0.6 is 0 Å². The standard InChI is InChI=1S/C15H20O.C11H18O.C7H14/c1-11(2)15(8-9-15)14(16)10-13-6-4-12(3)5-7-13;1-8(2)11(5-6-11)10(12)7-9-3-4-9;1-6(2)5-7-3-4-7/h4-7,11H,8-10H2,1-3H3;8-9H,3-7H2,1-2H3;6-7H,3-5H2,1-2H3. The third kappa shape index (κ3) is 8.29. The summed E-state index contributed by atoms with van der Waals surface area (Å²) < 4.78 is 0. The third-order valence-electron chi connectivity index (χ3n) is 9.06. The molecule has 0 bridgehead atoms. The molecule has 0 heterocycles. The fourth-order valence-corrected chi connectivity index (χ4v) is 5.50. The quantitative estimate of drug-likeness (QED) is 0.335. The number of benzene rings is 1. The Morgan fingerprint density at radius 2 is 1.20 bits per heavy atom. The fourth-order valence-electron chi connectivity index (χ4n) is 5.50. The number of hydrogen-bond donors (Lipinski definition) is 0. The van der Waals surface area contributed by atoms with Crippen molar-refractivity contribution in [1.29, 1.82) is 0 Å². The van der Waals surface area contributed by atoms with Crippen molar-refractivity contribution >= 4 is 11.6 Å². The molecule has 0 radical (unpaired) electrons. The van der Waals surface area contributed by atoms with Crippen molar-refractivity contribution in [2.75, 3.05) is 0 Å². The molecule has 2 nitrogen and oxygen atoms in total. The average molecular weight is 481 g/mol. The van der Waals surface area contributed by atoms with Crippen LogP contribution in [-0.2, 0) is 16.0 Å². The Hall–Kier alpha value is -1.44. The molecule has 4 aliphatic carbocycles. The lowest BCUT2D eigenvalue weighted by Crippen LogP contribution is -2.23. The summed E-state index contributed by atoms with van der Waals surface area (Å²) in [5.74, 6) is 4.90. The predicted molar refractivity (Wildman–Crippen MR) is 147 cm³/mol. The molecule has 0 saturated heterocycles. The first-order valence-electron chi connectivity index (χ1n) is 14.6. The summed E-state index contributed by atoms with van der Waals surface area (Å²) in [6, 6.07) is 8.31. The number of carbonyl (C=O) groups excluding carboxylic acids is 2. The van der Waals surface area contributed by atoms with Crippen LogP contribution < -0.4 is 0 Å². The van der Waals surface area contributed by atoms with E-state index in [4.69, 9.17) is 0 Å². The molecule has 0 unspecified atom stereocenters. The summed E-state index contributed by atoms with van der Waals surface area (Å²) >= 11 is 0. The number of carbonyl (C=O) groups is 2. The van der Waals surface area contributed by atoms with Gasteiger partial charge in [0.05, 0.1) is 0 Å². The van der Waals surface area contributed by atoms with Crippen LogP contribution in [0.2, 0.25) is 0 Å². The van der Waals surface area contributed by atoms with Gasteiger partial charge in [-0.1, -0.05) is 84.2 Å². The zero-order chi connectivity index (χ0) is 25.8. The van der Waals surface area contributed by atoms with Gasteiger partial charge in [0.25, 0.3) is 0 Å². The van der Waals surface area contributed by atoms with Crippen LogP contribution in [0, 0.1) is 47.3 Å². The maximum atomic E-state index is 12.2. The Balaban J connectivity index is 0.000000158. The predicted octanol–water partition coefficient (Wildman–Crippen LogP) is 8.78. The average Bonchev–Trinajstić information content (AvgIpc) is 3.60. The molecule has 0 aliphatic heterocycles. The summed E-state index contributed by atoms with van der Waals surface area (Å²) in [6.07, 6.45) is 13.1. The first kappa shape index (κ1) is 28.1. The molecule has 0 amide bonds. The number of hydrogen-bond acceptors (Lipinski definition) is 2. The van der Waals surface area contributed by atoms with Crippen molar-refractivity contribution in [2.45, 2.75) is 119 Å². The fraction of sp³-hybridized carbons (Fsp3) is 0.758. The van der Waals surface area contributed by atoms with E-state index in [-0.39, 0.29) is 10.8 Å². The molecule has 2 heteroatoms. The van der Waals surface area contributed by atoms with Crippen molar-refractivity contribution in [3.05, 3.63) is 35.4 Å². The number of Topliss-reactive ketones (excluding diaryl/α,β-unsaturated/α-hetero) is 2. The highest BCUT2D eigenvalue weighted by molar-refractivity contribution is 5.89. The first-order chi connectivity index (χ1) is 16.5. The molecule has 4 fully saturated rings. The van der Waals surface area contributed by atoms with Gasteiger partial charge in [-0.15, -0.1) is 0 Å². The smallest absolute Gasteiger partial charge is 0.143 e. The van der Waals surface area contributed by atoms with E-state index >= 15 is 0 Å². The van der Waals surface area contributed by atoms with Gasteiger partial charge in [0.15, 0.2) is 0 Å². The van der Waals surface area contributed by atoms with Crippen LogP contribution in [0.15, 0.2) is 24.3 Å². The van der Waals surface area contributed by atoms with Crippen molar-refractivity contribution in [1.82, 2.24) is 0 Å². The number of aryl methyl sites for hydroxylation is 1. The Morgan fingerprint density at radius 3 is 1.54 bits per heavy atom. The van der Waals surface area contributed by atoms with Gasteiger partial charge >= 0.3 is 0 Å². The topological polar surface area (TPSA) is 34.1 Å². The van der Waals surface area contributed by atoms with E-state index in [1.807, 2.05) is 0 Å². The largest absolute Gasteiger partial charge is 0.299 e. The van der Waals surface area contributed by atoms with E-state index in [2.05, 4.69) is 72.7 Å². The molecular formula is C33H52O2. The van der Waals surface area contributed by atoms with Crippen molar-refractivity contribution in [3.8, 4) is 0 Å². The maximum absolute atomic E-state index is 12.2.